The van der Waals surface area contributed by atoms with E-state index in [4.69, 9.17) is 9.47 Å². The minimum Gasteiger partial charge on any atom is -0.486 e. The van der Waals surface area contributed by atoms with E-state index in [0.717, 1.165) is 10.0 Å². The summed E-state index contributed by atoms with van der Waals surface area (Å²) in [6, 6.07) is 13.1. The summed E-state index contributed by atoms with van der Waals surface area (Å²) in [5.41, 5.74) is 1.80. The number of ether oxygens (including phenoxy) is 2. The first-order chi connectivity index (χ1) is 12.0. The summed E-state index contributed by atoms with van der Waals surface area (Å²) in [6.07, 6.45) is 0. The van der Waals surface area contributed by atoms with Crippen molar-refractivity contribution in [1.82, 2.24) is 5.32 Å². The zero-order valence-electron chi connectivity index (χ0n) is 14.2. The lowest BCUT2D eigenvalue weighted by Crippen LogP contribution is -2.39. The molecule has 1 aliphatic rings. The second-order valence-corrected chi connectivity index (χ2v) is 6.83. The van der Waals surface area contributed by atoms with E-state index in [0.29, 0.717) is 30.4 Å². The number of amides is 1. The van der Waals surface area contributed by atoms with Gasteiger partial charge in [-0.15, -0.1) is 0 Å². The molecule has 0 aliphatic carbocycles. The maximum absolute atomic E-state index is 12.5. The van der Waals surface area contributed by atoms with Gasteiger partial charge >= 0.3 is 0 Å². The predicted octanol–water partition coefficient (Wildman–Crippen LogP) is 3.90. The first kappa shape index (κ1) is 17.8. The van der Waals surface area contributed by atoms with Crippen LogP contribution >= 0.6 is 15.9 Å². The number of halogens is 1. The Kier molecular flexibility index (Phi) is 5.60. The number of fused-ring (bicyclic) bond motifs is 1. The van der Waals surface area contributed by atoms with E-state index >= 15 is 0 Å². The highest BCUT2D eigenvalue weighted by molar-refractivity contribution is 9.10. The lowest BCUT2D eigenvalue weighted by atomic mass is 10.1. The number of anilines is 1. The van der Waals surface area contributed by atoms with Gasteiger partial charge in [-0.3, -0.25) is 10.1 Å². The second kappa shape index (κ2) is 7.89. The molecule has 6 heteroatoms. The van der Waals surface area contributed by atoms with Gasteiger partial charge in [0.2, 0.25) is 5.91 Å². The number of carbonyl (C=O) groups is 1. The maximum atomic E-state index is 12.5. The number of rotatable bonds is 5. The summed E-state index contributed by atoms with van der Waals surface area (Å²) in [5.74, 6) is 1.26. The molecule has 5 nitrogen and oxygen atoms in total. The summed E-state index contributed by atoms with van der Waals surface area (Å²) in [4.78, 5) is 12.5. The molecule has 2 atom stereocenters. The fourth-order valence-electron chi connectivity index (χ4n) is 2.74. The zero-order chi connectivity index (χ0) is 17.8. The van der Waals surface area contributed by atoms with Gasteiger partial charge in [0.25, 0.3) is 0 Å². The SMILES string of the molecule is CC(NC(C)c1ccccc1Br)C(=O)Nc1ccc2c(c1)OCCO2. The number of hydrogen-bond acceptors (Lipinski definition) is 4. The number of benzene rings is 2. The van der Waals surface area contributed by atoms with Crippen molar-refractivity contribution in [1.29, 1.82) is 0 Å². The smallest absolute Gasteiger partial charge is 0.241 e. The molecule has 1 aliphatic heterocycles. The van der Waals surface area contributed by atoms with Gasteiger partial charge in [-0.2, -0.15) is 0 Å². The van der Waals surface area contributed by atoms with Gasteiger partial charge < -0.3 is 14.8 Å². The van der Waals surface area contributed by atoms with Gasteiger partial charge in [-0.1, -0.05) is 34.1 Å². The van der Waals surface area contributed by atoms with Crippen molar-refractivity contribution in [2.24, 2.45) is 0 Å². The van der Waals surface area contributed by atoms with E-state index < -0.39 is 0 Å². The molecule has 2 unspecified atom stereocenters. The van der Waals surface area contributed by atoms with E-state index in [1.54, 1.807) is 6.07 Å². The van der Waals surface area contributed by atoms with E-state index in [9.17, 15) is 4.79 Å². The monoisotopic (exact) mass is 404 g/mol. The van der Waals surface area contributed by atoms with E-state index in [1.807, 2.05) is 50.2 Å². The topological polar surface area (TPSA) is 59.6 Å². The Morgan fingerprint density at radius 1 is 1.08 bits per heavy atom. The molecule has 0 bridgehead atoms. The van der Waals surface area contributed by atoms with Crippen LogP contribution in [0.2, 0.25) is 0 Å². The summed E-state index contributed by atoms with van der Waals surface area (Å²) >= 11 is 3.55. The van der Waals surface area contributed by atoms with Gasteiger partial charge in [0.1, 0.15) is 13.2 Å². The van der Waals surface area contributed by atoms with Crippen LogP contribution in [0.1, 0.15) is 25.5 Å². The van der Waals surface area contributed by atoms with Gasteiger partial charge in [-0.05, 0) is 37.6 Å². The van der Waals surface area contributed by atoms with Crippen molar-refractivity contribution >= 4 is 27.5 Å². The predicted molar refractivity (Wildman–Crippen MR) is 101 cm³/mol. The summed E-state index contributed by atoms with van der Waals surface area (Å²) in [7, 11) is 0. The Morgan fingerprint density at radius 2 is 1.80 bits per heavy atom. The van der Waals surface area contributed by atoms with Crippen LogP contribution in [0.3, 0.4) is 0 Å². The van der Waals surface area contributed by atoms with E-state index in [1.165, 1.54) is 0 Å². The van der Waals surface area contributed by atoms with Crippen molar-refractivity contribution < 1.29 is 14.3 Å². The minimum absolute atomic E-state index is 0.0385. The molecule has 1 amide bonds. The fraction of sp³-hybridized carbons (Fsp3) is 0.316. The van der Waals surface area contributed by atoms with Crippen molar-refractivity contribution in [2.45, 2.75) is 25.9 Å². The summed E-state index contributed by atoms with van der Waals surface area (Å²) < 4.78 is 12.1. The first-order valence-electron chi connectivity index (χ1n) is 8.25. The first-order valence-corrected chi connectivity index (χ1v) is 9.05. The van der Waals surface area contributed by atoms with Crippen LogP contribution in [0.25, 0.3) is 0 Å². The van der Waals surface area contributed by atoms with E-state index in [2.05, 4.69) is 26.6 Å². The lowest BCUT2D eigenvalue weighted by Gasteiger charge is -2.22. The molecule has 132 valence electrons. The number of carbonyl (C=O) groups excluding carboxylic acids is 1. The molecule has 0 aromatic heterocycles. The molecular formula is C19H21BrN2O3. The Balaban J connectivity index is 1.62. The van der Waals surface area contributed by atoms with Crippen molar-refractivity contribution in [3.05, 3.63) is 52.5 Å². The maximum Gasteiger partial charge on any atom is 0.241 e. The third kappa shape index (κ3) is 4.32. The molecule has 2 aromatic rings. The molecule has 0 saturated carbocycles. The largest absolute Gasteiger partial charge is 0.486 e. The number of hydrogen-bond donors (Lipinski definition) is 2. The van der Waals surface area contributed by atoms with Gasteiger partial charge in [-0.25, -0.2) is 0 Å². The molecule has 2 aromatic carbocycles. The fourth-order valence-corrected chi connectivity index (χ4v) is 3.37. The molecule has 1 heterocycles. The molecule has 0 radical (unpaired) electrons. The lowest BCUT2D eigenvalue weighted by molar-refractivity contribution is -0.117. The molecule has 0 saturated heterocycles. The van der Waals surface area contributed by atoms with Crippen molar-refractivity contribution in [2.75, 3.05) is 18.5 Å². The van der Waals surface area contributed by atoms with Crippen LogP contribution in [-0.4, -0.2) is 25.2 Å². The Morgan fingerprint density at radius 3 is 2.56 bits per heavy atom. The van der Waals surface area contributed by atoms with Crippen LogP contribution < -0.4 is 20.1 Å². The van der Waals surface area contributed by atoms with Crippen molar-refractivity contribution in [3.8, 4) is 11.5 Å². The van der Waals surface area contributed by atoms with Crippen LogP contribution in [0.5, 0.6) is 11.5 Å². The van der Waals surface area contributed by atoms with E-state index in [-0.39, 0.29) is 18.0 Å². The third-order valence-corrected chi connectivity index (χ3v) is 4.80. The molecule has 25 heavy (non-hydrogen) atoms. The Hall–Kier alpha value is -2.05. The highest BCUT2D eigenvalue weighted by Gasteiger charge is 2.19. The third-order valence-electron chi connectivity index (χ3n) is 4.07. The Bertz CT molecular complexity index is 766. The summed E-state index contributed by atoms with van der Waals surface area (Å²) in [5, 5.41) is 6.24. The quantitative estimate of drug-likeness (QED) is 0.793. The van der Waals surface area contributed by atoms with Crippen molar-refractivity contribution in [3.63, 3.8) is 0 Å². The molecule has 3 rings (SSSR count). The zero-order valence-corrected chi connectivity index (χ0v) is 15.8. The Labute approximate surface area is 155 Å². The molecule has 2 N–H and O–H groups in total. The minimum atomic E-state index is -0.352. The van der Waals surface area contributed by atoms with Crippen LogP contribution in [0.4, 0.5) is 5.69 Å². The number of nitrogens with one attached hydrogen (secondary N) is 2. The highest BCUT2D eigenvalue weighted by atomic mass is 79.9. The van der Waals surface area contributed by atoms with Gasteiger partial charge in [0.05, 0.1) is 6.04 Å². The van der Waals surface area contributed by atoms with Crippen LogP contribution in [0, 0.1) is 0 Å². The van der Waals surface area contributed by atoms with Crippen LogP contribution in [0.15, 0.2) is 46.9 Å². The average Bonchev–Trinajstić information content (AvgIpc) is 2.61. The molecular weight excluding hydrogens is 384 g/mol. The highest BCUT2D eigenvalue weighted by Crippen LogP contribution is 2.32. The average molecular weight is 405 g/mol. The second-order valence-electron chi connectivity index (χ2n) is 5.98. The normalized spacial score (nSPS) is 15.3. The summed E-state index contributed by atoms with van der Waals surface area (Å²) in [6.45, 7) is 4.95. The standard InChI is InChI=1S/C19H21BrN2O3/c1-12(15-5-3-4-6-16(15)20)21-13(2)19(23)22-14-7-8-17-18(11-14)25-10-9-24-17/h3-8,11-13,21H,9-10H2,1-2H3,(H,22,23). The van der Waals surface area contributed by atoms with Gasteiger partial charge in [0, 0.05) is 22.3 Å². The molecule has 0 fully saturated rings. The van der Waals surface area contributed by atoms with Crippen LogP contribution in [-0.2, 0) is 4.79 Å². The molecule has 0 spiro atoms. The van der Waals surface area contributed by atoms with Gasteiger partial charge in [0.15, 0.2) is 11.5 Å².